The number of pyridine rings is 2. The average Bonchev–Trinajstić information content (AvgIpc) is 3.03. The molecule has 112 valence electrons. The third-order valence-corrected chi connectivity index (χ3v) is 6.84. The van der Waals surface area contributed by atoms with Gasteiger partial charge >= 0.3 is 0 Å². The molecule has 0 unspecified atom stereocenters. The summed E-state index contributed by atoms with van der Waals surface area (Å²) in [4.78, 5) is 8.32. The lowest BCUT2D eigenvalue weighted by Crippen LogP contribution is -1.69. The van der Waals surface area contributed by atoms with Crippen LogP contribution in [0.2, 0.25) is 10.0 Å². The van der Waals surface area contributed by atoms with Crippen molar-refractivity contribution in [1.82, 2.24) is 9.97 Å². The highest BCUT2D eigenvalue weighted by molar-refractivity contribution is 9.11. The molecule has 0 radical (unpaired) electrons. The van der Waals surface area contributed by atoms with Gasteiger partial charge in [-0.1, -0.05) is 23.2 Å². The minimum absolute atomic E-state index is 0.769. The number of fused-ring (bicyclic) bond motifs is 2. The van der Waals surface area contributed by atoms with Crippen LogP contribution in [0.15, 0.2) is 44.2 Å². The zero-order valence-electron chi connectivity index (χ0n) is 10.7. The lowest BCUT2D eigenvalue weighted by Gasteiger charge is -1.88. The summed E-state index contributed by atoms with van der Waals surface area (Å²) in [5.74, 6) is 0. The smallest absolute Gasteiger partial charge is 0.0836 e. The van der Waals surface area contributed by atoms with Crippen molar-refractivity contribution in [2.45, 2.75) is 0 Å². The van der Waals surface area contributed by atoms with Crippen LogP contribution >= 0.6 is 77.7 Å². The zero-order chi connectivity index (χ0) is 15.7. The van der Waals surface area contributed by atoms with Crippen molar-refractivity contribution in [1.29, 1.82) is 0 Å². The van der Waals surface area contributed by atoms with Gasteiger partial charge in [-0.05, 0) is 56.1 Å². The summed E-state index contributed by atoms with van der Waals surface area (Å²) >= 11 is 21.8. The monoisotopic (exact) mass is 494 g/mol. The van der Waals surface area contributed by atoms with E-state index in [4.69, 9.17) is 23.2 Å². The Balaban J connectivity index is 0.000000131. The molecular formula is C14H6Br2Cl2N2S2. The fourth-order valence-corrected chi connectivity index (χ4v) is 5.19. The first-order valence-electron chi connectivity index (χ1n) is 5.93. The molecule has 4 rings (SSSR count). The van der Waals surface area contributed by atoms with E-state index in [2.05, 4.69) is 41.8 Å². The summed E-state index contributed by atoms with van der Waals surface area (Å²) in [5, 5.41) is 1.54. The lowest BCUT2D eigenvalue weighted by molar-refractivity contribution is 1.43. The Bertz CT molecular complexity index is 874. The number of hydrogen-bond donors (Lipinski definition) is 0. The Hall–Kier alpha value is -0.240. The van der Waals surface area contributed by atoms with Crippen LogP contribution in [0.25, 0.3) is 20.4 Å². The number of halogens is 4. The molecule has 0 aliphatic carbocycles. The Morgan fingerprint density at radius 1 is 0.773 bits per heavy atom. The maximum atomic E-state index is 5.92. The third-order valence-electron chi connectivity index (χ3n) is 2.67. The molecule has 0 aliphatic rings. The van der Waals surface area contributed by atoms with Crippen molar-refractivity contribution in [3.8, 4) is 0 Å². The van der Waals surface area contributed by atoms with E-state index in [1.165, 1.54) is 0 Å². The van der Waals surface area contributed by atoms with Crippen LogP contribution in [-0.4, -0.2) is 9.97 Å². The molecule has 0 fully saturated rings. The minimum Gasteiger partial charge on any atom is -0.255 e. The van der Waals surface area contributed by atoms with Crippen LogP contribution in [0.1, 0.15) is 0 Å². The SMILES string of the molecule is Clc1ccnc2cc(Br)sc12.Clc1ccnc2cc(Br)sc12. The quantitative estimate of drug-likeness (QED) is 0.253. The van der Waals surface area contributed by atoms with Crippen molar-refractivity contribution in [3.05, 3.63) is 54.3 Å². The van der Waals surface area contributed by atoms with Gasteiger partial charge in [0.05, 0.1) is 38.1 Å². The van der Waals surface area contributed by atoms with E-state index in [0.29, 0.717) is 0 Å². The molecular weight excluding hydrogens is 491 g/mol. The van der Waals surface area contributed by atoms with E-state index in [0.717, 1.165) is 38.1 Å². The summed E-state index contributed by atoms with van der Waals surface area (Å²) < 4.78 is 4.21. The molecule has 8 heteroatoms. The predicted octanol–water partition coefficient (Wildman–Crippen LogP) is 7.42. The maximum Gasteiger partial charge on any atom is 0.0836 e. The van der Waals surface area contributed by atoms with E-state index in [-0.39, 0.29) is 0 Å². The third kappa shape index (κ3) is 3.63. The number of hydrogen-bond acceptors (Lipinski definition) is 4. The Morgan fingerprint density at radius 3 is 1.55 bits per heavy atom. The number of rotatable bonds is 0. The van der Waals surface area contributed by atoms with Gasteiger partial charge in [0.15, 0.2) is 0 Å². The molecule has 0 atom stereocenters. The van der Waals surface area contributed by atoms with E-state index in [1.807, 2.05) is 12.1 Å². The van der Waals surface area contributed by atoms with Gasteiger partial charge in [-0.25, -0.2) is 0 Å². The summed E-state index contributed by atoms with van der Waals surface area (Å²) in [5.41, 5.74) is 1.91. The highest BCUT2D eigenvalue weighted by atomic mass is 79.9. The lowest BCUT2D eigenvalue weighted by atomic mass is 10.4. The van der Waals surface area contributed by atoms with Gasteiger partial charge in [0, 0.05) is 12.4 Å². The topological polar surface area (TPSA) is 25.8 Å². The van der Waals surface area contributed by atoms with Crippen molar-refractivity contribution in [2.24, 2.45) is 0 Å². The molecule has 0 amide bonds. The van der Waals surface area contributed by atoms with Gasteiger partial charge in [0.1, 0.15) is 0 Å². The summed E-state index contributed by atoms with van der Waals surface area (Å²) in [6.45, 7) is 0. The molecule has 4 aromatic rings. The van der Waals surface area contributed by atoms with Crippen molar-refractivity contribution < 1.29 is 0 Å². The zero-order valence-corrected chi connectivity index (χ0v) is 17.0. The molecule has 0 bridgehead atoms. The standard InChI is InChI=1S/2C7H3BrClNS/c2*8-6-3-5-7(11-6)4(9)1-2-10-5/h2*1-3H. The molecule has 0 aromatic carbocycles. The molecule has 0 aliphatic heterocycles. The second-order valence-corrected chi connectivity index (χ2v) is 9.79. The molecule has 4 heterocycles. The highest BCUT2D eigenvalue weighted by Crippen LogP contribution is 2.33. The predicted molar refractivity (Wildman–Crippen MR) is 105 cm³/mol. The first kappa shape index (κ1) is 16.6. The molecule has 0 N–H and O–H groups in total. The van der Waals surface area contributed by atoms with Gasteiger partial charge in [0.2, 0.25) is 0 Å². The van der Waals surface area contributed by atoms with E-state index in [9.17, 15) is 0 Å². The Morgan fingerprint density at radius 2 is 1.18 bits per heavy atom. The van der Waals surface area contributed by atoms with Crippen LogP contribution in [0.3, 0.4) is 0 Å². The Labute approximate surface area is 161 Å². The first-order chi connectivity index (χ1) is 10.5. The second kappa shape index (κ2) is 7.11. The second-order valence-electron chi connectivity index (χ2n) is 4.12. The van der Waals surface area contributed by atoms with Crippen LogP contribution in [0.5, 0.6) is 0 Å². The summed E-state index contributed by atoms with van der Waals surface area (Å²) in [6.07, 6.45) is 3.42. The van der Waals surface area contributed by atoms with Gasteiger partial charge in [-0.2, -0.15) is 0 Å². The van der Waals surface area contributed by atoms with Crippen LogP contribution < -0.4 is 0 Å². The summed E-state index contributed by atoms with van der Waals surface area (Å²) in [6, 6.07) is 7.53. The molecule has 2 nitrogen and oxygen atoms in total. The van der Waals surface area contributed by atoms with Crippen molar-refractivity contribution >= 4 is 98.2 Å². The Kier molecular flexibility index (Phi) is 5.37. The first-order valence-corrected chi connectivity index (χ1v) is 9.91. The number of nitrogens with zero attached hydrogens (tertiary/aromatic N) is 2. The fourth-order valence-electron chi connectivity index (χ4n) is 1.76. The van der Waals surface area contributed by atoms with Gasteiger partial charge in [-0.15, -0.1) is 22.7 Å². The molecule has 4 aromatic heterocycles. The molecule has 0 saturated carbocycles. The maximum absolute atomic E-state index is 5.92. The minimum atomic E-state index is 0.769. The number of aromatic nitrogens is 2. The van der Waals surface area contributed by atoms with E-state index < -0.39 is 0 Å². The summed E-state index contributed by atoms with van der Waals surface area (Å²) in [7, 11) is 0. The average molecular weight is 497 g/mol. The molecule has 0 spiro atoms. The van der Waals surface area contributed by atoms with Gasteiger partial charge in [0.25, 0.3) is 0 Å². The van der Waals surface area contributed by atoms with E-state index in [1.54, 1.807) is 47.2 Å². The van der Waals surface area contributed by atoms with Crippen molar-refractivity contribution in [2.75, 3.05) is 0 Å². The van der Waals surface area contributed by atoms with Gasteiger partial charge < -0.3 is 0 Å². The highest BCUT2D eigenvalue weighted by Gasteiger charge is 2.03. The van der Waals surface area contributed by atoms with Crippen molar-refractivity contribution in [3.63, 3.8) is 0 Å². The number of thiophene rings is 2. The van der Waals surface area contributed by atoms with Crippen LogP contribution in [0.4, 0.5) is 0 Å². The van der Waals surface area contributed by atoms with E-state index >= 15 is 0 Å². The molecule has 0 saturated heterocycles. The fraction of sp³-hybridized carbons (Fsp3) is 0. The van der Waals surface area contributed by atoms with Crippen LogP contribution in [-0.2, 0) is 0 Å². The van der Waals surface area contributed by atoms with Gasteiger partial charge in [-0.3, -0.25) is 9.97 Å². The largest absolute Gasteiger partial charge is 0.255 e. The molecule has 22 heavy (non-hydrogen) atoms. The van der Waals surface area contributed by atoms with Crippen LogP contribution in [0, 0.1) is 0 Å². The normalized spacial score (nSPS) is 10.7.